The molecule has 0 N–H and O–H groups in total. The summed E-state index contributed by atoms with van der Waals surface area (Å²) in [5.41, 5.74) is 1.81. The van der Waals surface area contributed by atoms with Gasteiger partial charge in [0.1, 0.15) is 0 Å². The lowest BCUT2D eigenvalue weighted by molar-refractivity contribution is -0.110. The highest BCUT2D eigenvalue weighted by Gasteiger charge is 2.10. The van der Waals surface area contributed by atoms with Crippen LogP contribution in [0, 0.1) is 0 Å². The first-order chi connectivity index (χ1) is 4.86. The minimum Gasteiger partial charge on any atom is -0.290 e. The first kappa shape index (κ1) is 5.35. The lowest BCUT2D eigenvalue weighted by Gasteiger charge is -1.99. The molecule has 0 aromatic carbocycles. The Balaban J connectivity index is 2.51. The predicted molar refractivity (Wildman–Crippen MR) is 38.8 cm³/mol. The van der Waals surface area contributed by atoms with Crippen molar-refractivity contribution in [1.82, 2.24) is 0 Å². The molecule has 48 valence electrons. The van der Waals surface area contributed by atoms with Gasteiger partial charge in [-0.25, -0.2) is 0 Å². The number of carbonyl (C=O) groups excluding carboxylic acids is 1. The number of aliphatic imine (C=N–C) groups is 1. The smallest absolute Gasteiger partial charge is 0.180 e. The van der Waals surface area contributed by atoms with Gasteiger partial charge in [-0.1, -0.05) is 0 Å². The van der Waals surface area contributed by atoms with E-state index in [1.54, 1.807) is 18.4 Å². The second-order valence-electron chi connectivity index (χ2n) is 2.17. The highest BCUT2D eigenvalue weighted by Crippen LogP contribution is 2.20. The van der Waals surface area contributed by atoms with Crippen molar-refractivity contribution in [3.8, 4) is 0 Å². The molecule has 0 bridgehead atoms. The highest BCUT2D eigenvalue weighted by molar-refractivity contribution is 6.03. The number of carbonyl (C=O) groups is 1. The van der Waals surface area contributed by atoms with Crippen molar-refractivity contribution in [2.45, 2.75) is 0 Å². The Labute approximate surface area is 58.3 Å². The van der Waals surface area contributed by atoms with Gasteiger partial charge in [-0.2, -0.15) is 0 Å². The molecule has 0 atom stereocenters. The molecule has 0 unspecified atom stereocenters. The fourth-order valence-electron chi connectivity index (χ4n) is 0.974. The van der Waals surface area contributed by atoms with Crippen LogP contribution in [0.3, 0.4) is 0 Å². The average molecular weight is 131 g/mol. The van der Waals surface area contributed by atoms with Crippen molar-refractivity contribution in [3.63, 3.8) is 0 Å². The molecule has 1 heterocycles. The van der Waals surface area contributed by atoms with Gasteiger partial charge in [0.05, 0.1) is 5.70 Å². The van der Waals surface area contributed by atoms with Crippen LogP contribution in [0.25, 0.3) is 0 Å². The van der Waals surface area contributed by atoms with E-state index in [0.717, 1.165) is 11.3 Å². The van der Waals surface area contributed by atoms with Gasteiger partial charge in [0.2, 0.25) is 0 Å². The molecule has 2 heteroatoms. The average Bonchev–Trinajstić information content (AvgIpc) is 2.33. The number of ketones is 1. The monoisotopic (exact) mass is 131 g/mol. The summed E-state index contributed by atoms with van der Waals surface area (Å²) in [7, 11) is 0. The van der Waals surface area contributed by atoms with Crippen LogP contribution in [0.2, 0.25) is 0 Å². The van der Waals surface area contributed by atoms with E-state index in [4.69, 9.17) is 0 Å². The van der Waals surface area contributed by atoms with Gasteiger partial charge >= 0.3 is 0 Å². The molecule has 2 nitrogen and oxygen atoms in total. The maximum Gasteiger partial charge on any atom is 0.180 e. The predicted octanol–water partition coefficient (Wildman–Crippen LogP) is 1.02. The van der Waals surface area contributed by atoms with Crippen LogP contribution in [-0.2, 0) is 4.79 Å². The second kappa shape index (κ2) is 1.77. The maximum absolute atomic E-state index is 10.7. The Kier molecular flexibility index (Phi) is 0.947. The van der Waals surface area contributed by atoms with Crippen molar-refractivity contribution < 1.29 is 4.79 Å². The third-order valence-corrected chi connectivity index (χ3v) is 1.47. The summed E-state index contributed by atoms with van der Waals surface area (Å²) >= 11 is 0. The van der Waals surface area contributed by atoms with Crippen molar-refractivity contribution >= 4 is 12.0 Å². The molecule has 10 heavy (non-hydrogen) atoms. The SMILES string of the molecule is O=C1C=CC2=CC=NC2=C1. The van der Waals surface area contributed by atoms with Gasteiger partial charge in [0, 0.05) is 17.9 Å². The molecule has 0 spiro atoms. The maximum atomic E-state index is 10.7. The van der Waals surface area contributed by atoms with Crippen LogP contribution in [0.15, 0.2) is 40.6 Å². The van der Waals surface area contributed by atoms with Crippen LogP contribution in [0.1, 0.15) is 0 Å². The lowest BCUT2D eigenvalue weighted by atomic mass is 10.1. The molecule has 0 saturated carbocycles. The lowest BCUT2D eigenvalue weighted by Crippen LogP contribution is -1.94. The molecule has 0 saturated heterocycles. The van der Waals surface area contributed by atoms with Crippen molar-refractivity contribution in [3.05, 3.63) is 35.6 Å². The summed E-state index contributed by atoms with van der Waals surface area (Å²) in [4.78, 5) is 14.7. The van der Waals surface area contributed by atoms with E-state index in [2.05, 4.69) is 4.99 Å². The summed E-state index contributed by atoms with van der Waals surface area (Å²) < 4.78 is 0. The van der Waals surface area contributed by atoms with Gasteiger partial charge in [-0.3, -0.25) is 9.79 Å². The Bertz CT molecular complexity index is 305. The largest absolute Gasteiger partial charge is 0.290 e. The van der Waals surface area contributed by atoms with E-state index in [9.17, 15) is 4.79 Å². The number of allylic oxidation sites excluding steroid dienone is 4. The molecule has 1 aliphatic carbocycles. The van der Waals surface area contributed by atoms with Crippen LogP contribution >= 0.6 is 0 Å². The normalized spacial score (nSPS) is 20.6. The molecule has 2 aliphatic rings. The van der Waals surface area contributed by atoms with E-state index in [1.807, 2.05) is 6.08 Å². The van der Waals surface area contributed by atoms with E-state index in [-0.39, 0.29) is 5.78 Å². The summed E-state index contributed by atoms with van der Waals surface area (Å²) in [6, 6.07) is 0. The molecule has 0 fully saturated rings. The molecule has 0 radical (unpaired) electrons. The Hall–Kier alpha value is -1.44. The van der Waals surface area contributed by atoms with E-state index in [1.165, 1.54) is 6.08 Å². The number of rotatable bonds is 0. The summed E-state index contributed by atoms with van der Waals surface area (Å²) in [5, 5.41) is 0. The van der Waals surface area contributed by atoms with E-state index < -0.39 is 0 Å². The number of fused-ring (bicyclic) bond motifs is 1. The van der Waals surface area contributed by atoms with Gasteiger partial charge in [0.25, 0.3) is 0 Å². The molecule has 0 aromatic heterocycles. The van der Waals surface area contributed by atoms with Gasteiger partial charge in [-0.05, 0) is 18.2 Å². The van der Waals surface area contributed by atoms with E-state index >= 15 is 0 Å². The molecule has 1 aliphatic heterocycles. The first-order valence-electron chi connectivity index (χ1n) is 3.05. The Morgan fingerprint density at radius 1 is 1.30 bits per heavy atom. The van der Waals surface area contributed by atoms with Crippen molar-refractivity contribution in [2.75, 3.05) is 0 Å². The van der Waals surface area contributed by atoms with Gasteiger partial charge < -0.3 is 0 Å². The zero-order valence-corrected chi connectivity index (χ0v) is 5.24. The molecule has 2 rings (SSSR count). The number of nitrogens with zero attached hydrogens (tertiary/aromatic N) is 1. The minimum atomic E-state index is 0.0196. The van der Waals surface area contributed by atoms with Crippen LogP contribution in [0.5, 0.6) is 0 Å². The van der Waals surface area contributed by atoms with E-state index in [0.29, 0.717) is 0 Å². The second-order valence-corrected chi connectivity index (χ2v) is 2.17. The third kappa shape index (κ3) is 0.658. The quantitative estimate of drug-likeness (QED) is 0.482. The number of hydrogen-bond donors (Lipinski definition) is 0. The van der Waals surface area contributed by atoms with Crippen LogP contribution < -0.4 is 0 Å². The zero-order chi connectivity index (χ0) is 6.97. The summed E-state index contributed by atoms with van der Waals surface area (Å²) in [6.45, 7) is 0. The molecule has 0 aromatic rings. The molecular formula is C8H5NO. The zero-order valence-electron chi connectivity index (χ0n) is 5.24. The van der Waals surface area contributed by atoms with Crippen molar-refractivity contribution in [1.29, 1.82) is 0 Å². The minimum absolute atomic E-state index is 0.0196. The van der Waals surface area contributed by atoms with Gasteiger partial charge in [0.15, 0.2) is 5.78 Å². The first-order valence-corrected chi connectivity index (χ1v) is 3.05. The standard InChI is InChI=1S/C8H5NO/c10-7-2-1-6-3-4-9-8(6)5-7/h1-5H. The Morgan fingerprint density at radius 2 is 2.20 bits per heavy atom. The fraction of sp³-hybridized carbons (Fsp3) is 0. The topological polar surface area (TPSA) is 29.4 Å². The van der Waals surface area contributed by atoms with Crippen LogP contribution in [0.4, 0.5) is 0 Å². The highest BCUT2D eigenvalue weighted by atomic mass is 16.1. The van der Waals surface area contributed by atoms with Crippen LogP contribution in [-0.4, -0.2) is 12.0 Å². The van der Waals surface area contributed by atoms with Gasteiger partial charge in [-0.15, -0.1) is 0 Å². The number of hydrogen-bond acceptors (Lipinski definition) is 2. The molecule has 0 amide bonds. The summed E-state index contributed by atoms with van der Waals surface area (Å²) in [6.07, 6.45) is 8.45. The third-order valence-electron chi connectivity index (χ3n) is 1.47. The van der Waals surface area contributed by atoms with Crippen molar-refractivity contribution in [2.24, 2.45) is 4.99 Å². The fourth-order valence-corrected chi connectivity index (χ4v) is 0.974. The summed E-state index contributed by atoms with van der Waals surface area (Å²) in [5.74, 6) is 0.0196. The molecular weight excluding hydrogens is 126 g/mol. The Morgan fingerprint density at radius 3 is 3.10 bits per heavy atom.